The number of hydrogen-bond donors (Lipinski definition) is 3. The number of benzene rings is 6. The molecule has 0 heterocycles. The third-order valence-corrected chi connectivity index (χ3v) is 9.17. The fourth-order valence-electron chi connectivity index (χ4n) is 5.20. The van der Waals surface area contributed by atoms with E-state index in [1.807, 2.05) is 12.1 Å². The largest absolute Gasteiger partial charge is 3.00 e. The number of non-ortho nitro benzene ring substituents is 1. The van der Waals surface area contributed by atoms with Gasteiger partial charge in [-0.25, -0.2) is 13.1 Å². The molecule has 6 rings (SSSR count). The van der Waals surface area contributed by atoms with E-state index in [1.165, 1.54) is 32.2 Å². The van der Waals surface area contributed by atoms with Gasteiger partial charge >= 0.3 is 46.9 Å². The number of carbonyl (C=O) groups is 2. The maximum atomic E-state index is 12.5. The van der Waals surface area contributed by atoms with Gasteiger partial charge in [-0.2, -0.15) is 20.5 Å². The summed E-state index contributed by atoms with van der Waals surface area (Å²) in [5, 5.41) is 82.6. The summed E-state index contributed by atoms with van der Waals surface area (Å²) in [6.45, 7) is 2.44. The van der Waals surface area contributed by atoms with Crippen LogP contribution < -0.4 is 65.3 Å². The molecule has 0 spiro atoms. The number of carbonyl (C=O) groups excluding carboxylic acids is 2. The van der Waals surface area contributed by atoms with Gasteiger partial charge in [-0.3, -0.25) is 19.7 Å². The van der Waals surface area contributed by atoms with Gasteiger partial charge in [0.05, 0.1) is 38.3 Å². The van der Waals surface area contributed by atoms with Crippen LogP contribution in [0, 0.1) is 10.1 Å². The van der Waals surface area contributed by atoms with E-state index in [2.05, 4.69) is 35.8 Å². The maximum absolute atomic E-state index is 12.5. The molecule has 0 fully saturated rings. The minimum absolute atomic E-state index is 0. The average Bonchev–Trinajstić information content (AvgIpc) is 3.15. The molecule has 18 nitrogen and oxygen atoms in total. The molecule has 58 heavy (non-hydrogen) atoms. The maximum Gasteiger partial charge on any atom is 3.00 e. The normalized spacial score (nSPS) is 11.0. The Morgan fingerprint density at radius 3 is 1.88 bits per heavy atom. The summed E-state index contributed by atoms with van der Waals surface area (Å²) >= 11 is 0. The summed E-state index contributed by atoms with van der Waals surface area (Å²) in [5.41, 5.74) is -1.17. The SMILES string of the molecule is CC(=O)Nc1cc([N+](=O)[O-])cc(N=Nc2c([O-])ccc3cccc(NC(C)=O)c23)c1[O-].CNS(=O)(=O)c1ccc([O-])c(N=Nc2c([O-])ccc3ccccc23)c1.[Cr+3].[Na+]. The topological polar surface area (TPSA) is 289 Å². The van der Waals surface area contributed by atoms with Gasteiger partial charge < -0.3 is 31.1 Å². The van der Waals surface area contributed by atoms with Crippen molar-refractivity contribution >= 4 is 83.2 Å². The monoisotopic (exact) mass is 851 g/mol. The number of hydrogen-bond acceptors (Lipinski definition) is 14. The predicted molar refractivity (Wildman–Crippen MR) is 198 cm³/mol. The second-order valence-corrected chi connectivity index (χ2v) is 13.5. The molecular weight excluding hydrogens is 824 g/mol. The summed E-state index contributed by atoms with van der Waals surface area (Å²) in [6.07, 6.45) is 0. The number of sulfonamides is 1. The Hall–Kier alpha value is -5.98. The number of nitro groups is 1. The molecule has 3 N–H and O–H groups in total. The van der Waals surface area contributed by atoms with E-state index >= 15 is 0 Å². The van der Waals surface area contributed by atoms with Gasteiger partial charge in [-0.1, -0.05) is 89.7 Å². The van der Waals surface area contributed by atoms with E-state index in [-0.39, 0.29) is 86.2 Å². The second-order valence-electron chi connectivity index (χ2n) is 11.6. The molecule has 0 bridgehead atoms. The summed E-state index contributed by atoms with van der Waals surface area (Å²) in [4.78, 5) is 33.1. The van der Waals surface area contributed by atoms with E-state index in [4.69, 9.17) is 0 Å². The number of nitro benzene ring substituents is 1. The van der Waals surface area contributed by atoms with Crippen molar-refractivity contribution in [2.75, 3.05) is 17.7 Å². The van der Waals surface area contributed by atoms with E-state index in [0.717, 1.165) is 36.6 Å². The van der Waals surface area contributed by atoms with Gasteiger partial charge in [-0.15, -0.1) is 0 Å². The first-order valence-corrected chi connectivity index (χ1v) is 17.6. The zero-order chi connectivity index (χ0) is 40.7. The Labute approximate surface area is 363 Å². The van der Waals surface area contributed by atoms with Crippen molar-refractivity contribution in [3.05, 3.63) is 107 Å². The Morgan fingerprint density at radius 2 is 1.22 bits per heavy atom. The number of anilines is 2. The van der Waals surface area contributed by atoms with E-state index in [1.54, 1.807) is 42.5 Å². The molecule has 0 aromatic heterocycles. The van der Waals surface area contributed by atoms with Crippen molar-refractivity contribution in [1.29, 1.82) is 0 Å². The zero-order valence-electron chi connectivity index (χ0n) is 30.9. The number of nitrogens with one attached hydrogen (secondary N) is 3. The van der Waals surface area contributed by atoms with Crippen molar-refractivity contribution in [2.24, 2.45) is 20.5 Å². The fraction of sp³-hybridized carbons (Fsp3) is 0.0811. The Morgan fingerprint density at radius 1 is 0.655 bits per heavy atom. The number of fused-ring (bicyclic) bond motifs is 2. The van der Waals surface area contributed by atoms with Crippen LogP contribution >= 0.6 is 0 Å². The quantitative estimate of drug-likeness (QED) is 0.0827. The molecule has 0 saturated carbocycles. The first-order valence-electron chi connectivity index (χ1n) is 16.1. The standard InChI is InChI=1S/C20H17N5O6.C17H15N3O4S.Cr.Na/c1-10(26)21-14-5-3-4-12-6-7-17(28)19(18(12)14)24-23-16-9-13(25(30)31)8-15(20(16)29)22-11(2)27;1-18-25(23,24)12-7-9-15(21)14(10-12)19-20-17-13-5-3-2-4-11(13)6-8-16(17)22;;/h3-9,28-29H,1-2H3,(H,21,26)(H,22,27);2-10,18,21-22H,1H3;;/q;;+3;+1/p-4. The Balaban J connectivity index is 0.000000306. The molecule has 0 aliphatic heterocycles. The number of azo groups is 2. The predicted octanol–water partition coefficient (Wildman–Crippen LogP) is 2.54. The summed E-state index contributed by atoms with van der Waals surface area (Å²) in [6, 6.07) is 23.1. The number of amides is 2. The molecule has 2 amide bonds. The molecule has 0 saturated heterocycles. The van der Waals surface area contributed by atoms with E-state index in [9.17, 15) is 48.5 Å². The van der Waals surface area contributed by atoms with Crippen molar-refractivity contribution in [3.63, 3.8) is 0 Å². The van der Waals surface area contributed by atoms with Crippen LogP contribution in [0.1, 0.15) is 13.8 Å². The average molecular weight is 852 g/mol. The van der Waals surface area contributed by atoms with Crippen molar-refractivity contribution in [1.82, 2.24) is 4.72 Å². The molecule has 6 aromatic rings. The van der Waals surface area contributed by atoms with Crippen molar-refractivity contribution < 1.29 is 90.3 Å². The van der Waals surface area contributed by atoms with Gasteiger partial charge in [0, 0.05) is 42.4 Å². The smallest absolute Gasteiger partial charge is 0.871 e. The Kier molecular flexibility index (Phi) is 16.0. The van der Waals surface area contributed by atoms with Crippen LogP contribution in [0.15, 0.2) is 122 Å². The minimum atomic E-state index is -3.72. The molecule has 6 aromatic carbocycles. The van der Waals surface area contributed by atoms with Crippen LogP contribution in [-0.2, 0) is 37.0 Å². The van der Waals surface area contributed by atoms with Crippen LogP contribution in [0.4, 0.5) is 39.8 Å². The third-order valence-electron chi connectivity index (χ3n) is 7.76. The third kappa shape index (κ3) is 10.9. The molecular formula is C37H28CrN8NaO10S. The summed E-state index contributed by atoms with van der Waals surface area (Å²) < 4.78 is 25.8. The van der Waals surface area contributed by atoms with Gasteiger partial charge in [0.15, 0.2) is 0 Å². The van der Waals surface area contributed by atoms with E-state index < -0.39 is 49.5 Å². The van der Waals surface area contributed by atoms with Crippen molar-refractivity contribution in [3.8, 4) is 23.0 Å². The van der Waals surface area contributed by atoms with Crippen molar-refractivity contribution in [2.45, 2.75) is 18.7 Å². The zero-order valence-corrected chi connectivity index (χ0v) is 35.0. The van der Waals surface area contributed by atoms with Crippen LogP contribution in [-0.4, -0.2) is 32.2 Å². The van der Waals surface area contributed by atoms with Gasteiger partial charge in [0.2, 0.25) is 21.8 Å². The molecule has 0 unspecified atom stereocenters. The van der Waals surface area contributed by atoms with Gasteiger partial charge in [-0.05, 0) is 36.0 Å². The molecule has 1 radical (unpaired) electrons. The number of rotatable bonds is 9. The number of nitrogens with zero attached hydrogens (tertiary/aromatic N) is 5. The first-order chi connectivity index (χ1) is 26.6. The van der Waals surface area contributed by atoms with E-state index in [0.29, 0.717) is 21.8 Å². The first kappa shape index (κ1) is 46.4. The minimum Gasteiger partial charge on any atom is -0.871 e. The Bertz CT molecular complexity index is 2720. The molecule has 21 heteroatoms. The molecule has 0 atom stereocenters. The van der Waals surface area contributed by atoms with Gasteiger partial charge in [0.25, 0.3) is 5.69 Å². The van der Waals surface area contributed by atoms with Crippen LogP contribution in [0.2, 0.25) is 0 Å². The molecule has 289 valence electrons. The summed E-state index contributed by atoms with van der Waals surface area (Å²) in [5.74, 6) is -3.14. The van der Waals surface area contributed by atoms with Crippen LogP contribution in [0.25, 0.3) is 21.5 Å². The van der Waals surface area contributed by atoms with Crippen LogP contribution in [0.5, 0.6) is 23.0 Å². The second kappa shape index (κ2) is 19.9. The fourth-order valence-corrected chi connectivity index (χ4v) is 5.95. The molecule has 0 aliphatic carbocycles. The van der Waals surface area contributed by atoms with Crippen LogP contribution in [0.3, 0.4) is 0 Å². The molecule has 0 aliphatic rings. The summed E-state index contributed by atoms with van der Waals surface area (Å²) in [7, 11) is -2.45. The van der Waals surface area contributed by atoms with Gasteiger partial charge in [0.1, 0.15) is 0 Å².